The monoisotopic (exact) mass is 277 g/mol. The Kier molecular flexibility index (Phi) is 4.79. The molecule has 1 atom stereocenters. The summed E-state index contributed by atoms with van der Waals surface area (Å²) in [7, 11) is 1.86. The van der Waals surface area contributed by atoms with Crippen molar-refractivity contribution in [1.29, 1.82) is 0 Å². The number of rotatable bonds is 7. The zero-order valence-electron chi connectivity index (χ0n) is 12.6. The normalized spacial score (nSPS) is 12.8. The molecule has 0 fully saturated rings. The molecule has 0 bridgehead atoms. The SMILES string of the molecule is CCOCC(Nc1nc(NC)cn2ccnc12)C(C)C. The van der Waals surface area contributed by atoms with Gasteiger partial charge in [0.15, 0.2) is 11.5 Å². The Morgan fingerprint density at radius 3 is 2.85 bits per heavy atom. The molecule has 0 aliphatic rings. The number of aromatic nitrogens is 3. The number of ether oxygens (including phenoxy) is 1. The second-order valence-corrected chi connectivity index (χ2v) is 5.04. The van der Waals surface area contributed by atoms with E-state index in [0.29, 0.717) is 19.1 Å². The highest BCUT2D eigenvalue weighted by molar-refractivity contribution is 5.65. The van der Waals surface area contributed by atoms with E-state index >= 15 is 0 Å². The quantitative estimate of drug-likeness (QED) is 0.812. The zero-order chi connectivity index (χ0) is 14.5. The van der Waals surface area contributed by atoms with Gasteiger partial charge in [-0.05, 0) is 12.8 Å². The van der Waals surface area contributed by atoms with Gasteiger partial charge in [0.1, 0.15) is 5.82 Å². The summed E-state index contributed by atoms with van der Waals surface area (Å²) in [6.07, 6.45) is 5.60. The largest absolute Gasteiger partial charge is 0.380 e. The fraction of sp³-hybridized carbons (Fsp3) is 0.571. The average Bonchev–Trinajstić information content (AvgIpc) is 2.91. The lowest BCUT2D eigenvalue weighted by Gasteiger charge is -2.23. The molecule has 0 aliphatic heterocycles. The van der Waals surface area contributed by atoms with E-state index in [4.69, 9.17) is 4.74 Å². The van der Waals surface area contributed by atoms with Crippen LogP contribution in [0.5, 0.6) is 0 Å². The Bertz CT molecular complexity index is 551. The highest BCUT2D eigenvalue weighted by Gasteiger charge is 2.16. The fourth-order valence-electron chi connectivity index (χ4n) is 1.97. The predicted octanol–water partition coefficient (Wildman–Crippen LogP) is 2.24. The molecule has 2 rings (SSSR count). The van der Waals surface area contributed by atoms with Crippen LogP contribution in [0.25, 0.3) is 5.65 Å². The van der Waals surface area contributed by atoms with Gasteiger partial charge in [-0.3, -0.25) is 0 Å². The first-order valence-electron chi connectivity index (χ1n) is 7.01. The number of nitrogens with one attached hydrogen (secondary N) is 2. The number of hydrogen-bond donors (Lipinski definition) is 2. The average molecular weight is 277 g/mol. The first-order valence-corrected chi connectivity index (χ1v) is 7.01. The van der Waals surface area contributed by atoms with Crippen molar-refractivity contribution in [3.63, 3.8) is 0 Å². The van der Waals surface area contributed by atoms with Crippen molar-refractivity contribution < 1.29 is 4.74 Å². The highest BCUT2D eigenvalue weighted by atomic mass is 16.5. The molecule has 2 heterocycles. The van der Waals surface area contributed by atoms with Crippen molar-refractivity contribution in [3.05, 3.63) is 18.6 Å². The maximum absolute atomic E-state index is 5.55. The van der Waals surface area contributed by atoms with Crippen molar-refractivity contribution in [2.45, 2.75) is 26.8 Å². The van der Waals surface area contributed by atoms with Gasteiger partial charge in [0, 0.05) is 26.0 Å². The maximum atomic E-state index is 5.55. The van der Waals surface area contributed by atoms with Crippen LogP contribution < -0.4 is 10.6 Å². The lowest BCUT2D eigenvalue weighted by molar-refractivity contribution is 0.126. The lowest BCUT2D eigenvalue weighted by atomic mass is 10.1. The number of imidazole rings is 1. The molecule has 0 aromatic carbocycles. The Balaban J connectivity index is 2.28. The Hall–Kier alpha value is -1.82. The molecule has 0 radical (unpaired) electrons. The van der Waals surface area contributed by atoms with Gasteiger partial charge in [0.2, 0.25) is 0 Å². The molecule has 2 aromatic heterocycles. The molecule has 2 aromatic rings. The topological polar surface area (TPSA) is 63.5 Å². The zero-order valence-corrected chi connectivity index (χ0v) is 12.6. The van der Waals surface area contributed by atoms with Gasteiger partial charge in [-0.2, -0.15) is 0 Å². The Morgan fingerprint density at radius 2 is 2.20 bits per heavy atom. The van der Waals surface area contributed by atoms with Crippen LogP contribution in [-0.2, 0) is 4.74 Å². The lowest BCUT2D eigenvalue weighted by Crippen LogP contribution is -2.31. The van der Waals surface area contributed by atoms with Crippen molar-refractivity contribution in [1.82, 2.24) is 14.4 Å². The van der Waals surface area contributed by atoms with Gasteiger partial charge in [-0.25, -0.2) is 9.97 Å². The molecule has 6 heteroatoms. The smallest absolute Gasteiger partial charge is 0.180 e. The number of fused-ring (bicyclic) bond motifs is 1. The molecule has 0 saturated carbocycles. The third kappa shape index (κ3) is 3.19. The maximum Gasteiger partial charge on any atom is 0.180 e. The summed E-state index contributed by atoms with van der Waals surface area (Å²) in [4.78, 5) is 8.92. The first-order chi connectivity index (χ1) is 9.65. The summed E-state index contributed by atoms with van der Waals surface area (Å²) in [6, 6.07) is 0.204. The van der Waals surface area contributed by atoms with Gasteiger partial charge in [0.05, 0.1) is 18.8 Å². The van der Waals surface area contributed by atoms with Gasteiger partial charge < -0.3 is 19.8 Å². The van der Waals surface area contributed by atoms with Crippen LogP contribution in [0, 0.1) is 5.92 Å². The van der Waals surface area contributed by atoms with Crippen molar-refractivity contribution in [3.8, 4) is 0 Å². The molecule has 20 heavy (non-hydrogen) atoms. The summed E-state index contributed by atoms with van der Waals surface area (Å²) in [5.41, 5.74) is 0.825. The van der Waals surface area contributed by atoms with Crippen LogP contribution in [0.3, 0.4) is 0 Å². The van der Waals surface area contributed by atoms with E-state index < -0.39 is 0 Å². The van der Waals surface area contributed by atoms with Gasteiger partial charge in [0.25, 0.3) is 0 Å². The summed E-state index contributed by atoms with van der Waals surface area (Å²) >= 11 is 0. The van der Waals surface area contributed by atoms with Crippen LogP contribution in [-0.4, -0.2) is 40.7 Å². The molecule has 6 nitrogen and oxygen atoms in total. The highest BCUT2D eigenvalue weighted by Crippen LogP contribution is 2.19. The molecule has 0 aliphatic carbocycles. The second-order valence-electron chi connectivity index (χ2n) is 5.04. The summed E-state index contributed by atoms with van der Waals surface area (Å²) < 4.78 is 7.50. The van der Waals surface area contributed by atoms with Crippen LogP contribution in [0.1, 0.15) is 20.8 Å². The molecule has 110 valence electrons. The van der Waals surface area contributed by atoms with Crippen LogP contribution >= 0.6 is 0 Å². The molecular formula is C14H23N5O. The molecule has 0 spiro atoms. The van der Waals surface area contributed by atoms with Crippen LogP contribution in [0.4, 0.5) is 11.6 Å². The van der Waals surface area contributed by atoms with Crippen molar-refractivity contribution in [2.75, 3.05) is 30.9 Å². The van der Waals surface area contributed by atoms with Crippen LogP contribution in [0.15, 0.2) is 18.6 Å². The predicted molar refractivity (Wildman–Crippen MR) is 81.3 cm³/mol. The standard InChI is InChI=1S/C14H23N5O/c1-5-20-9-11(10(2)3)17-13-14-16-6-7-19(14)8-12(15-4)18-13/h6-8,10-11,15H,5,9H2,1-4H3,(H,17,18). The van der Waals surface area contributed by atoms with Gasteiger partial charge >= 0.3 is 0 Å². The van der Waals surface area contributed by atoms with E-state index in [1.54, 1.807) is 6.20 Å². The van der Waals surface area contributed by atoms with Crippen molar-refractivity contribution in [2.24, 2.45) is 5.92 Å². The van der Waals surface area contributed by atoms with Crippen molar-refractivity contribution >= 4 is 17.3 Å². The minimum atomic E-state index is 0.204. The third-order valence-corrected chi connectivity index (χ3v) is 3.26. The molecular weight excluding hydrogens is 254 g/mol. The first kappa shape index (κ1) is 14.6. The second kappa shape index (κ2) is 6.56. The van der Waals surface area contributed by atoms with Crippen LogP contribution in [0.2, 0.25) is 0 Å². The summed E-state index contributed by atoms with van der Waals surface area (Å²) in [6.45, 7) is 7.72. The van der Waals surface area contributed by atoms with E-state index in [2.05, 4.69) is 34.4 Å². The van der Waals surface area contributed by atoms with E-state index in [1.807, 2.05) is 30.8 Å². The van der Waals surface area contributed by atoms with Gasteiger partial charge in [-0.15, -0.1) is 0 Å². The molecule has 2 N–H and O–H groups in total. The van der Waals surface area contributed by atoms with E-state index in [1.165, 1.54) is 0 Å². The van der Waals surface area contributed by atoms with Gasteiger partial charge in [-0.1, -0.05) is 13.8 Å². The molecule has 0 saturated heterocycles. The molecule has 0 amide bonds. The third-order valence-electron chi connectivity index (χ3n) is 3.26. The minimum Gasteiger partial charge on any atom is -0.380 e. The van der Waals surface area contributed by atoms with E-state index in [-0.39, 0.29) is 6.04 Å². The van der Waals surface area contributed by atoms with E-state index in [9.17, 15) is 0 Å². The molecule has 1 unspecified atom stereocenters. The number of hydrogen-bond acceptors (Lipinski definition) is 5. The Morgan fingerprint density at radius 1 is 1.40 bits per heavy atom. The Labute approximate surface area is 119 Å². The number of anilines is 2. The van der Waals surface area contributed by atoms with E-state index in [0.717, 1.165) is 17.3 Å². The summed E-state index contributed by atoms with van der Waals surface area (Å²) in [5.74, 6) is 2.02. The summed E-state index contributed by atoms with van der Waals surface area (Å²) in [5, 5.41) is 6.52. The number of nitrogens with zero attached hydrogens (tertiary/aromatic N) is 3. The minimum absolute atomic E-state index is 0.204. The fourth-order valence-corrected chi connectivity index (χ4v) is 1.97.